The molecule has 1 nitrogen and oxygen atoms in total. The van der Waals surface area contributed by atoms with Crippen molar-refractivity contribution >= 4 is 0 Å². The van der Waals surface area contributed by atoms with Crippen LogP contribution in [0.15, 0.2) is 0 Å². The standard InChI is InChI=1S/C9H19N/c1-4-6-7-8-9-10(3)5-2/h2H,4-9H2,1,3H3. The SMILES string of the molecule is [CH]CN(C)CCCCCC. The molecule has 0 aliphatic heterocycles. The average Bonchev–Trinajstić information content (AvgIpc) is 1.98. The second kappa shape index (κ2) is 7.07. The van der Waals surface area contributed by atoms with E-state index in [1.54, 1.807) is 0 Å². The number of hydrogen-bond donors (Lipinski definition) is 0. The van der Waals surface area contributed by atoms with Gasteiger partial charge >= 0.3 is 0 Å². The topological polar surface area (TPSA) is 3.24 Å². The molecule has 0 aromatic carbocycles. The largest absolute Gasteiger partial charge is 0.306 e. The summed E-state index contributed by atoms with van der Waals surface area (Å²) in [5.74, 6) is 0. The maximum atomic E-state index is 5.41. The zero-order valence-corrected chi connectivity index (χ0v) is 7.27. The van der Waals surface area contributed by atoms with Gasteiger partial charge in [0.2, 0.25) is 0 Å². The van der Waals surface area contributed by atoms with Gasteiger partial charge in [0.1, 0.15) is 0 Å². The summed E-state index contributed by atoms with van der Waals surface area (Å²) in [6, 6.07) is 0. The highest BCUT2D eigenvalue weighted by atomic mass is 15.1. The summed E-state index contributed by atoms with van der Waals surface area (Å²) < 4.78 is 0. The first kappa shape index (κ1) is 9.96. The first-order chi connectivity index (χ1) is 4.81. The zero-order chi connectivity index (χ0) is 7.82. The summed E-state index contributed by atoms with van der Waals surface area (Å²) in [6.07, 6.45) is 5.31. The monoisotopic (exact) mass is 141 g/mol. The van der Waals surface area contributed by atoms with Gasteiger partial charge in [0, 0.05) is 6.54 Å². The van der Waals surface area contributed by atoms with Gasteiger partial charge in [0.15, 0.2) is 0 Å². The number of unbranched alkanes of at least 4 members (excludes halogenated alkanes) is 3. The van der Waals surface area contributed by atoms with Crippen LogP contribution < -0.4 is 0 Å². The van der Waals surface area contributed by atoms with E-state index in [9.17, 15) is 0 Å². The lowest BCUT2D eigenvalue weighted by molar-refractivity contribution is 0.356. The lowest BCUT2D eigenvalue weighted by Crippen LogP contribution is -2.18. The van der Waals surface area contributed by atoms with E-state index in [1.165, 1.54) is 25.7 Å². The molecule has 10 heavy (non-hydrogen) atoms. The minimum atomic E-state index is 0.687. The molecule has 0 aliphatic carbocycles. The summed E-state index contributed by atoms with van der Waals surface area (Å²) >= 11 is 0. The highest BCUT2D eigenvalue weighted by Crippen LogP contribution is 1.99. The molecule has 0 aromatic rings. The Labute approximate surface area is 65.4 Å². The average molecular weight is 141 g/mol. The molecule has 0 N–H and O–H groups in total. The lowest BCUT2D eigenvalue weighted by atomic mass is 10.2. The molecule has 0 aromatic heterocycles. The third-order valence-electron chi connectivity index (χ3n) is 1.71. The second-order valence-electron chi connectivity index (χ2n) is 2.82. The van der Waals surface area contributed by atoms with E-state index in [1.807, 2.05) is 0 Å². The van der Waals surface area contributed by atoms with E-state index in [2.05, 4.69) is 18.9 Å². The first-order valence-corrected chi connectivity index (χ1v) is 4.20. The van der Waals surface area contributed by atoms with Crippen LogP contribution in [-0.2, 0) is 0 Å². The maximum absolute atomic E-state index is 5.41. The number of rotatable bonds is 6. The van der Waals surface area contributed by atoms with Gasteiger partial charge in [0.05, 0.1) is 0 Å². The van der Waals surface area contributed by atoms with Gasteiger partial charge in [-0.1, -0.05) is 26.2 Å². The van der Waals surface area contributed by atoms with Gasteiger partial charge in [-0.3, -0.25) is 0 Å². The van der Waals surface area contributed by atoms with Crippen LogP contribution in [0.5, 0.6) is 0 Å². The normalized spacial score (nSPS) is 10.8. The molecule has 0 unspecified atom stereocenters. The molecule has 2 radical (unpaired) electrons. The van der Waals surface area contributed by atoms with E-state index in [4.69, 9.17) is 6.92 Å². The smallest absolute Gasteiger partial charge is 0.00131 e. The van der Waals surface area contributed by atoms with E-state index in [0.717, 1.165) is 6.54 Å². The van der Waals surface area contributed by atoms with Crippen LogP contribution in [0.2, 0.25) is 0 Å². The molecule has 0 aliphatic rings. The molecular formula is C9H19N. The van der Waals surface area contributed by atoms with E-state index >= 15 is 0 Å². The van der Waals surface area contributed by atoms with Crippen LogP contribution in [0.4, 0.5) is 0 Å². The Balaban J connectivity index is 2.89. The molecular weight excluding hydrogens is 122 g/mol. The summed E-state index contributed by atoms with van der Waals surface area (Å²) in [6.45, 7) is 9.48. The Kier molecular flexibility index (Phi) is 7.04. The quantitative estimate of drug-likeness (QED) is 0.513. The summed E-state index contributed by atoms with van der Waals surface area (Å²) in [5, 5.41) is 0. The molecule has 0 amide bonds. The van der Waals surface area contributed by atoms with Crippen LogP contribution in [0.25, 0.3) is 0 Å². The minimum Gasteiger partial charge on any atom is -0.306 e. The van der Waals surface area contributed by atoms with Crippen LogP contribution in [0.1, 0.15) is 32.6 Å². The Hall–Kier alpha value is -0.0400. The van der Waals surface area contributed by atoms with Crippen molar-refractivity contribution in [3.8, 4) is 0 Å². The van der Waals surface area contributed by atoms with Gasteiger partial charge < -0.3 is 4.90 Å². The molecule has 0 saturated carbocycles. The van der Waals surface area contributed by atoms with Crippen molar-refractivity contribution in [1.82, 2.24) is 4.90 Å². The Morgan fingerprint density at radius 3 is 2.40 bits per heavy atom. The Bertz CT molecular complexity index is 61.7. The molecule has 1 heteroatoms. The summed E-state index contributed by atoms with van der Waals surface area (Å²) in [7, 11) is 2.06. The van der Waals surface area contributed by atoms with Crippen molar-refractivity contribution < 1.29 is 0 Å². The number of hydrogen-bond acceptors (Lipinski definition) is 1. The van der Waals surface area contributed by atoms with E-state index in [0.29, 0.717) is 6.54 Å². The Morgan fingerprint density at radius 2 is 1.90 bits per heavy atom. The van der Waals surface area contributed by atoms with Crippen molar-refractivity contribution in [1.29, 1.82) is 0 Å². The van der Waals surface area contributed by atoms with Crippen molar-refractivity contribution in [3.05, 3.63) is 6.92 Å². The fourth-order valence-corrected chi connectivity index (χ4v) is 0.900. The van der Waals surface area contributed by atoms with Gasteiger partial charge in [-0.15, -0.1) is 0 Å². The van der Waals surface area contributed by atoms with Crippen LogP contribution in [0, 0.1) is 6.92 Å². The zero-order valence-electron chi connectivity index (χ0n) is 7.27. The molecule has 0 rings (SSSR count). The molecule has 0 spiro atoms. The first-order valence-electron chi connectivity index (χ1n) is 4.20. The predicted octanol–water partition coefficient (Wildman–Crippen LogP) is 2.21. The van der Waals surface area contributed by atoms with Crippen LogP contribution >= 0.6 is 0 Å². The lowest BCUT2D eigenvalue weighted by Gasteiger charge is -2.12. The molecule has 0 bridgehead atoms. The van der Waals surface area contributed by atoms with E-state index < -0.39 is 0 Å². The maximum Gasteiger partial charge on any atom is 0.00131 e. The van der Waals surface area contributed by atoms with Gasteiger partial charge in [-0.2, -0.15) is 0 Å². The fraction of sp³-hybridized carbons (Fsp3) is 0.889. The highest BCUT2D eigenvalue weighted by Gasteiger charge is 1.92. The molecule has 60 valence electrons. The van der Waals surface area contributed by atoms with Crippen LogP contribution in [0.3, 0.4) is 0 Å². The van der Waals surface area contributed by atoms with Crippen LogP contribution in [-0.4, -0.2) is 25.0 Å². The van der Waals surface area contributed by atoms with Gasteiger partial charge in [-0.05, 0) is 26.9 Å². The summed E-state index contributed by atoms with van der Waals surface area (Å²) in [5.41, 5.74) is 0. The fourth-order valence-electron chi connectivity index (χ4n) is 0.900. The van der Waals surface area contributed by atoms with E-state index in [-0.39, 0.29) is 0 Å². The molecule has 0 atom stereocenters. The van der Waals surface area contributed by atoms with Crippen molar-refractivity contribution in [2.75, 3.05) is 20.1 Å². The molecule has 0 saturated heterocycles. The van der Waals surface area contributed by atoms with Crippen molar-refractivity contribution in [2.24, 2.45) is 0 Å². The second-order valence-corrected chi connectivity index (χ2v) is 2.82. The van der Waals surface area contributed by atoms with Gasteiger partial charge in [0.25, 0.3) is 0 Å². The minimum absolute atomic E-state index is 0.687. The van der Waals surface area contributed by atoms with Crippen molar-refractivity contribution in [2.45, 2.75) is 32.6 Å². The van der Waals surface area contributed by atoms with Crippen molar-refractivity contribution in [3.63, 3.8) is 0 Å². The predicted molar refractivity (Wildman–Crippen MR) is 45.9 cm³/mol. The summed E-state index contributed by atoms with van der Waals surface area (Å²) in [4.78, 5) is 2.15. The third-order valence-corrected chi connectivity index (χ3v) is 1.71. The Morgan fingerprint density at radius 1 is 1.20 bits per heavy atom. The molecule has 0 fully saturated rings. The van der Waals surface area contributed by atoms with Gasteiger partial charge in [-0.25, -0.2) is 0 Å². The third kappa shape index (κ3) is 6.09. The highest BCUT2D eigenvalue weighted by molar-refractivity contribution is 4.52. The molecule has 0 heterocycles. The number of nitrogens with zero attached hydrogens (tertiary/aromatic N) is 1.